The molecule has 0 unspecified atom stereocenters. The van der Waals surface area contributed by atoms with E-state index >= 15 is 0 Å². The van der Waals surface area contributed by atoms with Crippen molar-refractivity contribution in [3.05, 3.63) is 35.1 Å². The van der Waals surface area contributed by atoms with E-state index < -0.39 is 40.7 Å². The number of hydrogen-bond donors (Lipinski definition) is 0. The summed E-state index contributed by atoms with van der Waals surface area (Å²) in [5, 5.41) is 0. The van der Waals surface area contributed by atoms with Gasteiger partial charge in [-0.15, -0.1) is 0 Å². The molecule has 0 N–H and O–H groups in total. The Morgan fingerprint density at radius 1 is 1.00 bits per heavy atom. The van der Waals surface area contributed by atoms with Crippen LogP contribution in [0.25, 0.3) is 0 Å². The number of hydrogen-bond acceptors (Lipinski definition) is 1. The van der Waals surface area contributed by atoms with Crippen molar-refractivity contribution >= 4 is 5.78 Å². The van der Waals surface area contributed by atoms with Crippen LogP contribution in [0.2, 0.25) is 0 Å². The van der Waals surface area contributed by atoms with E-state index in [-0.39, 0.29) is 0 Å². The number of aryl methyl sites for hydroxylation is 1. The molecule has 0 heterocycles. The molecule has 0 atom stereocenters. The number of rotatable bonds is 3. The fraction of sp³-hybridized carbons (Fsp3) is 0.364. The monoisotopic (exact) mass is 306 g/mol. The first-order valence-corrected chi connectivity index (χ1v) is 4.95. The predicted molar refractivity (Wildman–Crippen MR) is 51.4 cm³/mol. The fourth-order valence-electron chi connectivity index (χ4n) is 1.37. The largest absolute Gasteiger partial charge is 0.460 e. The highest BCUT2D eigenvalue weighted by Crippen LogP contribution is 2.47. The molecule has 1 aromatic carbocycles. The molecule has 1 aromatic rings. The quantitative estimate of drug-likeness (QED) is 0.605. The van der Waals surface area contributed by atoms with Crippen molar-refractivity contribution in [3.63, 3.8) is 0 Å². The summed E-state index contributed by atoms with van der Waals surface area (Å²) in [6, 6.07) is 1.49. The smallest absolute Gasteiger partial charge is 0.287 e. The van der Waals surface area contributed by atoms with Gasteiger partial charge in [0.05, 0.1) is 0 Å². The van der Waals surface area contributed by atoms with Crippen molar-refractivity contribution < 1.29 is 39.9 Å². The molecule has 0 aliphatic rings. The summed E-state index contributed by atoms with van der Waals surface area (Å²) in [6.07, 6.45) is -6.60. The maximum absolute atomic E-state index is 13.1. The second-order valence-electron chi connectivity index (χ2n) is 3.93. The average Bonchev–Trinajstić information content (AvgIpc) is 2.26. The van der Waals surface area contributed by atoms with Gasteiger partial charge in [-0.05, 0) is 30.7 Å². The molecule has 0 aromatic heterocycles. The molecule has 1 rings (SSSR count). The normalized spacial score (nSPS) is 13.4. The summed E-state index contributed by atoms with van der Waals surface area (Å²) in [6.45, 7) is 0.929. The summed E-state index contributed by atoms with van der Waals surface area (Å²) in [4.78, 5) is 11.2. The van der Waals surface area contributed by atoms with Crippen molar-refractivity contribution in [3.8, 4) is 0 Å². The zero-order chi connectivity index (χ0) is 15.9. The lowest BCUT2D eigenvalue weighted by Gasteiger charge is -2.27. The summed E-state index contributed by atoms with van der Waals surface area (Å²) in [7, 11) is 0. The maximum Gasteiger partial charge on any atom is 0.460 e. The molecular weight excluding hydrogens is 300 g/mol. The van der Waals surface area contributed by atoms with Crippen molar-refractivity contribution in [2.24, 2.45) is 0 Å². The molecule has 9 heteroatoms. The lowest BCUT2D eigenvalue weighted by Crippen LogP contribution is -2.56. The molecule has 0 spiro atoms. The Hall–Kier alpha value is -1.67. The first-order valence-electron chi connectivity index (χ1n) is 4.95. The minimum atomic E-state index is -6.60. The van der Waals surface area contributed by atoms with Gasteiger partial charge in [-0.25, -0.2) is 4.39 Å². The maximum atomic E-state index is 13.1. The van der Waals surface area contributed by atoms with Crippen LogP contribution in [-0.4, -0.2) is 23.8 Å². The molecule has 0 bridgehead atoms. The molecule has 0 radical (unpaired) electrons. The van der Waals surface area contributed by atoms with Gasteiger partial charge in [0.2, 0.25) is 5.78 Å². The third-order valence-corrected chi connectivity index (χ3v) is 2.47. The molecule has 0 fully saturated rings. The number of carbonyl (C=O) groups excluding carboxylic acids is 1. The SMILES string of the molecule is Cc1cc(F)ccc1C(=O)C(F)(F)C(F)(F)C(F)(F)F. The van der Waals surface area contributed by atoms with Gasteiger partial charge < -0.3 is 0 Å². The zero-order valence-electron chi connectivity index (χ0n) is 9.66. The third kappa shape index (κ3) is 2.48. The molecule has 0 aliphatic heterocycles. The topological polar surface area (TPSA) is 17.1 Å². The van der Waals surface area contributed by atoms with Crippen molar-refractivity contribution in [1.82, 2.24) is 0 Å². The minimum Gasteiger partial charge on any atom is -0.287 e. The Kier molecular flexibility index (Phi) is 3.86. The van der Waals surface area contributed by atoms with E-state index in [2.05, 4.69) is 0 Å². The zero-order valence-corrected chi connectivity index (χ0v) is 9.66. The Balaban J connectivity index is 3.32. The molecule has 20 heavy (non-hydrogen) atoms. The third-order valence-electron chi connectivity index (χ3n) is 2.47. The van der Waals surface area contributed by atoms with Crippen molar-refractivity contribution in [1.29, 1.82) is 0 Å². The number of alkyl halides is 7. The number of ketones is 1. The van der Waals surface area contributed by atoms with Gasteiger partial charge in [0.1, 0.15) is 5.82 Å². The highest BCUT2D eigenvalue weighted by molar-refractivity contribution is 6.03. The van der Waals surface area contributed by atoms with Crippen LogP contribution < -0.4 is 0 Å². The molecular formula is C11H6F8O. The van der Waals surface area contributed by atoms with Crippen LogP contribution in [0.3, 0.4) is 0 Å². The van der Waals surface area contributed by atoms with E-state index in [0.717, 1.165) is 6.92 Å². The highest BCUT2D eigenvalue weighted by Gasteiger charge is 2.76. The number of halogens is 8. The van der Waals surface area contributed by atoms with Gasteiger partial charge in [0.15, 0.2) is 0 Å². The Morgan fingerprint density at radius 2 is 1.50 bits per heavy atom. The summed E-state index contributed by atoms with van der Waals surface area (Å²) < 4.78 is 100. The van der Waals surface area contributed by atoms with Gasteiger partial charge >= 0.3 is 18.0 Å². The summed E-state index contributed by atoms with van der Waals surface area (Å²) in [5.74, 6) is -16.2. The van der Waals surface area contributed by atoms with Crippen LogP contribution in [0.4, 0.5) is 35.1 Å². The minimum absolute atomic E-state index is 0.424. The molecule has 0 saturated carbocycles. The Bertz CT molecular complexity index is 532. The van der Waals surface area contributed by atoms with E-state index in [1.165, 1.54) is 0 Å². The van der Waals surface area contributed by atoms with Crippen LogP contribution in [0, 0.1) is 12.7 Å². The Morgan fingerprint density at radius 3 is 1.90 bits per heavy atom. The highest BCUT2D eigenvalue weighted by atomic mass is 19.4. The van der Waals surface area contributed by atoms with Crippen molar-refractivity contribution in [2.75, 3.05) is 0 Å². The van der Waals surface area contributed by atoms with Gasteiger partial charge in [-0.1, -0.05) is 0 Å². The lowest BCUT2D eigenvalue weighted by molar-refractivity contribution is -0.339. The predicted octanol–water partition coefficient (Wildman–Crippen LogP) is 4.15. The van der Waals surface area contributed by atoms with E-state index in [4.69, 9.17) is 0 Å². The Labute approximate surface area is 107 Å². The number of carbonyl (C=O) groups is 1. The van der Waals surface area contributed by atoms with Gasteiger partial charge in [-0.3, -0.25) is 4.79 Å². The standard InChI is InChI=1S/C11H6F8O/c1-5-4-6(12)2-3-7(5)8(20)9(13,14)10(15,16)11(17,18)19/h2-4H,1H3. The van der Waals surface area contributed by atoms with Crippen LogP contribution in [0.1, 0.15) is 15.9 Å². The molecule has 0 aliphatic carbocycles. The number of benzene rings is 1. The molecule has 0 saturated heterocycles. The van der Waals surface area contributed by atoms with Crippen LogP contribution in [-0.2, 0) is 0 Å². The first kappa shape index (κ1) is 16.4. The average molecular weight is 306 g/mol. The van der Waals surface area contributed by atoms with Crippen LogP contribution in [0.5, 0.6) is 0 Å². The number of Topliss-reactive ketones (excluding diaryl/α,β-unsaturated/α-hetero) is 1. The fourth-order valence-corrected chi connectivity index (χ4v) is 1.37. The summed E-state index contributed by atoms with van der Waals surface area (Å²) >= 11 is 0. The summed E-state index contributed by atoms with van der Waals surface area (Å²) in [5.41, 5.74) is -1.59. The van der Waals surface area contributed by atoms with E-state index in [1.54, 1.807) is 0 Å². The van der Waals surface area contributed by atoms with Gasteiger partial charge in [0.25, 0.3) is 0 Å². The van der Waals surface area contributed by atoms with Gasteiger partial charge in [0, 0.05) is 5.56 Å². The lowest BCUT2D eigenvalue weighted by atomic mass is 9.96. The van der Waals surface area contributed by atoms with Crippen molar-refractivity contribution in [2.45, 2.75) is 24.9 Å². The van der Waals surface area contributed by atoms with Gasteiger partial charge in [-0.2, -0.15) is 30.7 Å². The second kappa shape index (κ2) is 4.71. The molecule has 0 amide bonds. The molecule has 1 nitrogen and oxygen atoms in total. The van der Waals surface area contributed by atoms with Crippen LogP contribution in [0.15, 0.2) is 18.2 Å². The second-order valence-corrected chi connectivity index (χ2v) is 3.93. The van der Waals surface area contributed by atoms with E-state index in [0.29, 0.717) is 18.2 Å². The first-order chi connectivity index (χ1) is 8.82. The van der Waals surface area contributed by atoms with E-state index in [1.807, 2.05) is 0 Å². The molecule has 112 valence electrons. The van der Waals surface area contributed by atoms with E-state index in [9.17, 15) is 39.9 Å². The van der Waals surface area contributed by atoms with Crippen LogP contribution >= 0.6 is 0 Å².